The van der Waals surface area contributed by atoms with E-state index in [0.717, 1.165) is 41.5 Å². The molecular weight excluding hydrogens is 420 g/mol. The molecule has 0 radical (unpaired) electrons. The summed E-state index contributed by atoms with van der Waals surface area (Å²) in [6.45, 7) is 1.96. The van der Waals surface area contributed by atoms with Crippen LogP contribution in [0.25, 0.3) is 11.1 Å². The molecule has 0 heterocycles. The summed E-state index contributed by atoms with van der Waals surface area (Å²) in [5, 5.41) is 14.7. The molecule has 2 aliphatic carbocycles. The van der Waals surface area contributed by atoms with Crippen LogP contribution in [-0.4, -0.2) is 41.8 Å². The predicted molar refractivity (Wildman–Crippen MR) is 124 cm³/mol. The maximum Gasteiger partial charge on any atom is 0.407 e. The fourth-order valence-corrected chi connectivity index (χ4v) is 4.78. The Morgan fingerprint density at radius 1 is 1.00 bits per heavy atom. The van der Waals surface area contributed by atoms with E-state index in [2.05, 4.69) is 22.8 Å². The van der Waals surface area contributed by atoms with Crippen molar-refractivity contribution in [2.75, 3.05) is 6.61 Å². The monoisotopic (exact) mass is 450 g/mol. The minimum absolute atomic E-state index is 0.0596. The molecule has 174 valence electrons. The van der Waals surface area contributed by atoms with Crippen LogP contribution >= 0.6 is 0 Å². The number of benzene rings is 2. The minimum atomic E-state index is -0.940. The van der Waals surface area contributed by atoms with Crippen LogP contribution in [0.5, 0.6) is 0 Å². The number of aliphatic carboxylic acids is 1. The number of alkyl carbamates (subject to hydrolysis) is 1. The first kappa shape index (κ1) is 22.8. The maximum atomic E-state index is 12.8. The first-order valence-electron chi connectivity index (χ1n) is 11.6. The number of rotatable bonds is 9. The van der Waals surface area contributed by atoms with Gasteiger partial charge < -0.3 is 20.5 Å². The molecule has 2 aliphatic rings. The standard InChI is InChI=1S/C26H30N2O5/c1-2-22(25(31)27-23(14-24(29)30)16-8-7-9-16)28-26(32)33-15-21-19-12-5-3-10-17(19)18-11-4-6-13-20(18)21/h3-6,10-13,16,21-23H,2,7-9,14-15H2,1H3,(H,27,31)(H,28,32)(H,29,30). The number of carboxylic acid groups (broad SMARTS) is 1. The Hall–Kier alpha value is -3.35. The van der Waals surface area contributed by atoms with Gasteiger partial charge in [0.05, 0.1) is 6.42 Å². The van der Waals surface area contributed by atoms with Crippen molar-refractivity contribution in [2.45, 2.75) is 57.0 Å². The van der Waals surface area contributed by atoms with E-state index >= 15 is 0 Å². The second-order valence-corrected chi connectivity index (χ2v) is 8.83. The third kappa shape index (κ3) is 5.02. The molecule has 4 rings (SSSR count). The first-order chi connectivity index (χ1) is 16.0. The van der Waals surface area contributed by atoms with Gasteiger partial charge in [0.25, 0.3) is 0 Å². The van der Waals surface area contributed by atoms with Crippen LogP contribution in [0.1, 0.15) is 56.1 Å². The highest BCUT2D eigenvalue weighted by Crippen LogP contribution is 2.44. The highest BCUT2D eigenvalue weighted by atomic mass is 16.5. The number of hydrogen-bond acceptors (Lipinski definition) is 4. The van der Waals surface area contributed by atoms with Crippen molar-refractivity contribution < 1.29 is 24.2 Å². The summed E-state index contributed by atoms with van der Waals surface area (Å²) in [6, 6.07) is 15.0. The highest BCUT2D eigenvalue weighted by molar-refractivity contribution is 5.86. The molecule has 33 heavy (non-hydrogen) atoms. The molecule has 1 saturated carbocycles. The van der Waals surface area contributed by atoms with Crippen molar-refractivity contribution in [3.63, 3.8) is 0 Å². The van der Waals surface area contributed by atoms with E-state index in [9.17, 15) is 19.5 Å². The van der Waals surface area contributed by atoms with Crippen LogP contribution in [0.4, 0.5) is 4.79 Å². The number of nitrogens with one attached hydrogen (secondary N) is 2. The molecular formula is C26H30N2O5. The Kier molecular flexibility index (Phi) is 6.96. The van der Waals surface area contributed by atoms with Gasteiger partial charge in [-0.1, -0.05) is 61.9 Å². The zero-order valence-corrected chi connectivity index (χ0v) is 18.8. The van der Waals surface area contributed by atoms with Crippen molar-refractivity contribution >= 4 is 18.0 Å². The number of fused-ring (bicyclic) bond motifs is 3. The van der Waals surface area contributed by atoms with Gasteiger partial charge in [-0.25, -0.2) is 4.79 Å². The van der Waals surface area contributed by atoms with Crippen LogP contribution in [0.15, 0.2) is 48.5 Å². The van der Waals surface area contributed by atoms with Crippen LogP contribution in [0.2, 0.25) is 0 Å². The van der Waals surface area contributed by atoms with Gasteiger partial charge in [-0.2, -0.15) is 0 Å². The quantitative estimate of drug-likeness (QED) is 0.534. The largest absolute Gasteiger partial charge is 0.481 e. The first-order valence-corrected chi connectivity index (χ1v) is 11.6. The fraction of sp³-hybridized carbons (Fsp3) is 0.423. The molecule has 2 amide bonds. The fourth-order valence-electron chi connectivity index (χ4n) is 4.78. The summed E-state index contributed by atoms with van der Waals surface area (Å²) < 4.78 is 5.55. The Morgan fingerprint density at radius 2 is 1.61 bits per heavy atom. The van der Waals surface area contributed by atoms with Crippen molar-refractivity contribution in [1.29, 1.82) is 0 Å². The molecule has 0 aromatic heterocycles. The van der Waals surface area contributed by atoms with Gasteiger partial charge in [-0.3, -0.25) is 9.59 Å². The number of hydrogen-bond donors (Lipinski definition) is 3. The van der Waals surface area contributed by atoms with Crippen LogP contribution in [0, 0.1) is 5.92 Å². The number of carboxylic acids is 1. The Balaban J connectivity index is 1.36. The van der Waals surface area contributed by atoms with Crippen molar-refractivity contribution in [2.24, 2.45) is 5.92 Å². The summed E-state index contributed by atoms with van der Waals surface area (Å²) >= 11 is 0. The average Bonchev–Trinajstić information content (AvgIpc) is 3.08. The highest BCUT2D eigenvalue weighted by Gasteiger charge is 2.33. The zero-order valence-electron chi connectivity index (χ0n) is 18.8. The van der Waals surface area contributed by atoms with Gasteiger partial charge in [-0.05, 0) is 47.4 Å². The number of carbonyl (C=O) groups excluding carboxylic acids is 2. The number of ether oxygens (including phenoxy) is 1. The van der Waals surface area contributed by atoms with E-state index in [1.54, 1.807) is 6.92 Å². The lowest BCUT2D eigenvalue weighted by Gasteiger charge is -2.34. The lowest BCUT2D eigenvalue weighted by molar-refractivity contribution is -0.138. The van der Waals surface area contributed by atoms with Gasteiger partial charge in [0, 0.05) is 12.0 Å². The summed E-state index contributed by atoms with van der Waals surface area (Å²) in [6.07, 6.45) is 2.48. The molecule has 0 spiro atoms. The van der Waals surface area contributed by atoms with Gasteiger partial charge in [0.1, 0.15) is 12.6 Å². The van der Waals surface area contributed by atoms with Gasteiger partial charge in [-0.15, -0.1) is 0 Å². The molecule has 7 nitrogen and oxygen atoms in total. The molecule has 2 aromatic rings. The van der Waals surface area contributed by atoms with Crippen molar-refractivity contribution in [1.82, 2.24) is 10.6 Å². The molecule has 7 heteroatoms. The minimum Gasteiger partial charge on any atom is -0.481 e. The van der Waals surface area contributed by atoms with Crippen LogP contribution < -0.4 is 10.6 Å². The summed E-state index contributed by atoms with van der Waals surface area (Å²) in [5.74, 6) is -1.19. The van der Waals surface area contributed by atoms with E-state index in [1.165, 1.54) is 0 Å². The zero-order chi connectivity index (χ0) is 23.4. The third-order valence-corrected chi connectivity index (χ3v) is 6.80. The van der Waals surface area contributed by atoms with Gasteiger partial charge in [0.15, 0.2) is 0 Å². The van der Waals surface area contributed by atoms with Gasteiger partial charge >= 0.3 is 12.1 Å². The van der Waals surface area contributed by atoms with Crippen molar-refractivity contribution in [3.8, 4) is 11.1 Å². The summed E-state index contributed by atoms with van der Waals surface area (Å²) in [7, 11) is 0. The lowest BCUT2D eigenvalue weighted by atomic mass is 9.78. The van der Waals surface area contributed by atoms with Crippen LogP contribution in [0.3, 0.4) is 0 Å². The molecule has 0 aliphatic heterocycles. The molecule has 1 fully saturated rings. The molecule has 0 bridgehead atoms. The maximum absolute atomic E-state index is 12.8. The number of carbonyl (C=O) groups is 3. The summed E-state index contributed by atoms with van der Waals surface area (Å²) in [4.78, 5) is 36.5. The average molecular weight is 451 g/mol. The SMILES string of the molecule is CCC(NC(=O)OCC1c2ccccc2-c2ccccc21)C(=O)NC(CC(=O)O)C1CCC1. The Morgan fingerprint density at radius 3 is 2.12 bits per heavy atom. The molecule has 2 unspecified atom stereocenters. The Bertz CT molecular complexity index is 987. The second kappa shape index (κ2) is 10.1. The number of amides is 2. The van der Waals surface area contributed by atoms with Crippen molar-refractivity contribution in [3.05, 3.63) is 59.7 Å². The Labute approximate surface area is 193 Å². The molecule has 2 atom stereocenters. The van der Waals surface area contributed by atoms with E-state index in [-0.39, 0.29) is 30.8 Å². The normalized spacial score (nSPS) is 16.6. The van der Waals surface area contributed by atoms with E-state index in [1.807, 2.05) is 36.4 Å². The topological polar surface area (TPSA) is 105 Å². The lowest BCUT2D eigenvalue weighted by Crippen LogP contribution is -2.52. The molecule has 0 saturated heterocycles. The second-order valence-electron chi connectivity index (χ2n) is 8.83. The van der Waals surface area contributed by atoms with E-state index in [4.69, 9.17) is 4.74 Å². The molecule has 3 N–H and O–H groups in total. The van der Waals surface area contributed by atoms with Gasteiger partial charge in [0.2, 0.25) is 5.91 Å². The van der Waals surface area contributed by atoms with E-state index < -0.39 is 24.1 Å². The summed E-state index contributed by atoms with van der Waals surface area (Å²) in [5.41, 5.74) is 4.53. The van der Waals surface area contributed by atoms with E-state index in [0.29, 0.717) is 6.42 Å². The smallest absolute Gasteiger partial charge is 0.407 e. The predicted octanol–water partition coefficient (Wildman–Crippen LogP) is 4.06. The molecule has 2 aromatic carbocycles. The third-order valence-electron chi connectivity index (χ3n) is 6.80. The van der Waals surface area contributed by atoms with Crippen LogP contribution in [-0.2, 0) is 14.3 Å².